The number of anilines is 1. The number of nitro groups is 1. The average Bonchev–Trinajstić information content (AvgIpc) is 2.75. The molecule has 0 bridgehead atoms. The Balaban J connectivity index is 1.78. The third kappa shape index (κ3) is 6.18. The molecule has 0 atom stereocenters. The minimum Gasteiger partial charge on any atom is -0.326 e. The van der Waals surface area contributed by atoms with Crippen LogP contribution in [0.3, 0.4) is 0 Å². The van der Waals surface area contributed by atoms with Crippen LogP contribution in [0.25, 0.3) is 0 Å². The first-order valence-corrected chi connectivity index (χ1v) is 9.68. The van der Waals surface area contributed by atoms with Gasteiger partial charge in [0.25, 0.3) is 11.6 Å². The van der Waals surface area contributed by atoms with Crippen LogP contribution in [0.1, 0.15) is 22.8 Å². The van der Waals surface area contributed by atoms with E-state index >= 15 is 0 Å². The molecule has 0 saturated heterocycles. The molecule has 10 nitrogen and oxygen atoms in total. The van der Waals surface area contributed by atoms with Crippen molar-refractivity contribution in [3.63, 3.8) is 0 Å². The molecule has 1 heterocycles. The number of rotatable bonds is 7. The molecular formula is C20H16N6O4S. The number of nitrogens with zero attached hydrogens (tertiary/aromatic N) is 4. The van der Waals surface area contributed by atoms with Gasteiger partial charge in [0.05, 0.1) is 11.1 Å². The molecule has 0 aliphatic carbocycles. The predicted octanol–water partition coefficient (Wildman–Crippen LogP) is 3.26. The van der Waals surface area contributed by atoms with Crippen LogP contribution in [-0.2, 0) is 4.79 Å². The van der Waals surface area contributed by atoms with Gasteiger partial charge in [-0.3, -0.25) is 19.7 Å². The van der Waals surface area contributed by atoms with Gasteiger partial charge in [0.2, 0.25) is 5.91 Å². The monoisotopic (exact) mass is 436 g/mol. The van der Waals surface area contributed by atoms with Gasteiger partial charge in [-0.2, -0.15) is 5.10 Å². The molecule has 3 aromatic rings. The van der Waals surface area contributed by atoms with Crippen molar-refractivity contribution in [3.05, 3.63) is 82.2 Å². The summed E-state index contributed by atoms with van der Waals surface area (Å²) in [7, 11) is 0. The Hall–Kier alpha value is -4.12. The lowest BCUT2D eigenvalue weighted by molar-refractivity contribution is -0.384. The SMILES string of the molecule is CC(=O)Nc1cccc(C(=O)NN=Cc2cc([N+](=O)[O-])ccc2Sc2ncccn2)c1. The summed E-state index contributed by atoms with van der Waals surface area (Å²) in [5, 5.41) is 18.1. The summed E-state index contributed by atoms with van der Waals surface area (Å²) in [4.78, 5) is 43.0. The number of nitrogens with one attached hydrogen (secondary N) is 2. The number of carbonyl (C=O) groups excluding carboxylic acids is 2. The maximum absolute atomic E-state index is 12.4. The highest BCUT2D eigenvalue weighted by Gasteiger charge is 2.12. The van der Waals surface area contributed by atoms with Crippen LogP contribution in [0.5, 0.6) is 0 Å². The number of benzene rings is 2. The number of amides is 2. The van der Waals surface area contributed by atoms with E-state index in [-0.39, 0.29) is 17.2 Å². The summed E-state index contributed by atoms with van der Waals surface area (Å²) in [5.74, 6) is -0.761. The van der Waals surface area contributed by atoms with Crippen molar-refractivity contribution < 1.29 is 14.5 Å². The van der Waals surface area contributed by atoms with Crippen molar-refractivity contribution in [3.8, 4) is 0 Å². The normalized spacial score (nSPS) is 10.6. The Morgan fingerprint density at radius 3 is 2.61 bits per heavy atom. The van der Waals surface area contributed by atoms with Crippen molar-refractivity contribution in [2.24, 2.45) is 5.10 Å². The van der Waals surface area contributed by atoms with Crippen molar-refractivity contribution in [2.75, 3.05) is 5.32 Å². The van der Waals surface area contributed by atoms with Crippen molar-refractivity contribution in [1.29, 1.82) is 0 Å². The third-order valence-electron chi connectivity index (χ3n) is 3.76. The largest absolute Gasteiger partial charge is 0.326 e. The van der Waals surface area contributed by atoms with Gasteiger partial charge in [-0.25, -0.2) is 15.4 Å². The van der Waals surface area contributed by atoms with Gasteiger partial charge in [0.1, 0.15) is 0 Å². The zero-order valence-electron chi connectivity index (χ0n) is 16.2. The van der Waals surface area contributed by atoms with Gasteiger partial charge in [0.15, 0.2) is 5.16 Å². The van der Waals surface area contributed by atoms with E-state index in [1.54, 1.807) is 42.7 Å². The fourth-order valence-electron chi connectivity index (χ4n) is 2.45. The minimum atomic E-state index is -0.517. The molecular weight excluding hydrogens is 420 g/mol. The number of carbonyl (C=O) groups is 2. The fraction of sp³-hybridized carbons (Fsp3) is 0.0500. The molecule has 0 saturated carbocycles. The highest BCUT2D eigenvalue weighted by Crippen LogP contribution is 2.29. The first-order chi connectivity index (χ1) is 14.9. The van der Waals surface area contributed by atoms with Gasteiger partial charge in [0, 0.05) is 53.2 Å². The summed E-state index contributed by atoms with van der Waals surface area (Å²) in [6.45, 7) is 1.37. The van der Waals surface area contributed by atoms with Crippen LogP contribution >= 0.6 is 11.8 Å². The minimum absolute atomic E-state index is 0.117. The fourth-order valence-corrected chi connectivity index (χ4v) is 3.24. The van der Waals surface area contributed by atoms with E-state index in [2.05, 4.69) is 25.8 Å². The van der Waals surface area contributed by atoms with E-state index in [1.165, 1.54) is 43.1 Å². The Morgan fingerprint density at radius 2 is 1.90 bits per heavy atom. The molecule has 2 aromatic carbocycles. The quantitative estimate of drug-likeness (QED) is 0.251. The molecule has 0 spiro atoms. The first kappa shape index (κ1) is 21.6. The van der Waals surface area contributed by atoms with Crippen LogP contribution in [0.15, 0.2) is 76.1 Å². The summed E-state index contributed by atoms with van der Waals surface area (Å²) in [5.41, 5.74) is 3.44. The van der Waals surface area contributed by atoms with Crippen LogP contribution in [0.4, 0.5) is 11.4 Å². The van der Waals surface area contributed by atoms with Crippen molar-refractivity contribution in [1.82, 2.24) is 15.4 Å². The molecule has 0 fully saturated rings. The summed E-state index contributed by atoms with van der Waals surface area (Å²) in [6.07, 6.45) is 4.49. The molecule has 1 aromatic heterocycles. The first-order valence-electron chi connectivity index (χ1n) is 8.87. The van der Waals surface area contributed by atoms with E-state index in [0.29, 0.717) is 21.3 Å². The van der Waals surface area contributed by atoms with E-state index in [1.807, 2.05) is 0 Å². The maximum atomic E-state index is 12.4. The zero-order valence-corrected chi connectivity index (χ0v) is 17.0. The van der Waals surface area contributed by atoms with Gasteiger partial charge in [-0.1, -0.05) is 6.07 Å². The van der Waals surface area contributed by atoms with Crippen LogP contribution in [0, 0.1) is 10.1 Å². The number of hydrogen-bond acceptors (Lipinski definition) is 8. The van der Waals surface area contributed by atoms with Gasteiger partial charge in [-0.05, 0) is 42.1 Å². The van der Waals surface area contributed by atoms with Crippen molar-refractivity contribution >= 4 is 41.2 Å². The molecule has 11 heteroatoms. The van der Waals surface area contributed by atoms with E-state index < -0.39 is 10.8 Å². The Bertz CT molecular complexity index is 1150. The molecule has 0 aliphatic heterocycles. The molecule has 2 amide bonds. The Labute approximate surface area is 181 Å². The molecule has 2 N–H and O–H groups in total. The molecule has 31 heavy (non-hydrogen) atoms. The van der Waals surface area contributed by atoms with Crippen molar-refractivity contribution in [2.45, 2.75) is 17.0 Å². The summed E-state index contributed by atoms with van der Waals surface area (Å²) >= 11 is 1.21. The molecule has 0 unspecified atom stereocenters. The maximum Gasteiger partial charge on any atom is 0.271 e. The lowest BCUT2D eigenvalue weighted by Gasteiger charge is -2.06. The van der Waals surface area contributed by atoms with Crippen LogP contribution < -0.4 is 10.7 Å². The highest BCUT2D eigenvalue weighted by atomic mass is 32.2. The van der Waals surface area contributed by atoms with Gasteiger partial charge < -0.3 is 5.32 Å². The number of aromatic nitrogens is 2. The van der Waals surface area contributed by atoms with E-state index in [4.69, 9.17) is 0 Å². The second kappa shape index (κ2) is 10.1. The second-order valence-electron chi connectivity index (χ2n) is 6.07. The summed E-state index contributed by atoms with van der Waals surface area (Å²) < 4.78 is 0. The number of non-ortho nitro benzene ring substituents is 1. The lowest BCUT2D eigenvalue weighted by atomic mass is 10.2. The highest BCUT2D eigenvalue weighted by molar-refractivity contribution is 7.99. The van der Waals surface area contributed by atoms with Crippen LogP contribution in [-0.4, -0.2) is 32.9 Å². The predicted molar refractivity (Wildman–Crippen MR) is 115 cm³/mol. The standard InChI is InChI=1S/C20H16N6O4S/c1-13(27)24-16-5-2-4-14(10-16)19(28)25-23-12-15-11-17(26(29)30)6-7-18(15)31-20-21-8-3-9-22-20/h2-12H,1H3,(H,24,27)(H,25,28). The third-order valence-corrected chi connectivity index (χ3v) is 4.75. The van der Waals surface area contributed by atoms with Gasteiger partial charge >= 0.3 is 0 Å². The molecule has 0 aliphatic rings. The number of nitro benzene ring substituents is 1. The van der Waals surface area contributed by atoms with E-state index in [9.17, 15) is 19.7 Å². The molecule has 156 valence electrons. The van der Waals surface area contributed by atoms with E-state index in [0.717, 1.165) is 0 Å². The Kier molecular flexibility index (Phi) is 7.01. The summed E-state index contributed by atoms with van der Waals surface area (Å²) in [6, 6.07) is 12.3. The topological polar surface area (TPSA) is 139 Å². The Morgan fingerprint density at radius 1 is 1.13 bits per heavy atom. The average molecular weight is 436 g/mol. The zero-order chi connectivity index (χ0) is 22.2. The second-order valence-corrected chi connectivity index (χ2v) is 7.08. The van der Waals surface area contributed by atoms with Crippen LogP contribution in [0.2, 0.25) is 0 Å². The number of hydrazone groups is 1. The smallest absolute Gasteiger partial charge is 0.271 e. The number of hydrogen-bond donors (Lipinski definition) is 2. The molecule has 3 rings (SSSR count). The molecule has 0 radical (unpaired) electrons. The van der Waals surface area contributed by atoms with Gasteiger partial charge in [-0.15, -0.1) is 0 Å². The lowest BCUT2D eigenvalue weighted by Crippen LogP contribution is -2.18.